The summed E-state index contributed by atoms with van der Waals surface area (Å²) < 4.78 is 0. The van der Waals surface area contributed by atoms with Crippen LogP contribution in [-0.4, -0.2) is 49.3 Å². The molecular formula is C17H27N3O2. The number of aryl methyl sites for hydroxylation is 1. The van der Waals surface area contributed by atoms with E-state index in [1.165, 1.54) is 5.56 Å². The first-order chi connectivity index (χ1) is 10.4. The number of rotatable bonds is 4. The summed E-state index contributed by atoms with van der Waals surface area (Å²) in [5, 5.41) is 12.6. The topological polar surface area (TPSA) is 55.8 Å². The molecule has 0 radical (unpaired) electrons. The third-order valence-corrected chi connectivity index (χ3v) is 4.35. The van der Waals surface area contributed by atoms with Crippen molar-refractivity contribution in [2.45, 2.75) is 32.9 Å². The number of amides is 2. The van der Waals surface area contributed by atoms with Crippen LogP contribution in [0.25, 0.3) is 0 Å². The highest BCUT2D eigenvalue weighted by Gasteiger charge is 2.28. The van der Waals surface area contributed by atoms with Crippen molar-refractivity contribution in [1.29, 1.82) is 0 Å². The fraction of sp³-hybridized carbons (Fsp3) is 0.588. The minimum absolute atomic E-state index is 0.0477. The first-order valence-corrected chi connectivity index (χ1v) is 7.86. The van der Waals surface area contributed by atoms with Crippen LogP contribution in [0.15, 0.2) is 18.2 Å². The Kier molecular flexibility index (Phi) is 5.29. The van der Waals surface area contributed by atoms with E-state index in [-0.39, 0.29) is 18.1 Å². The molecule has 0 unspecified atom stereocenters. The highest BCUT2D eigenvalue weighted by atomic mass is 16.3. The van der Waals surface area contributed by atoms with Gasteiger partial charge in [0.1, 0.15) is 0 Å². The Bertz CT molecular complexity index is 529. The lowest BCUT2D eigenvalue weighted by Crippen LogP contribution is -2.38. The molecule has 5 nitrogen and oxygen atoms in total. The van der Waals surface area contributed by atoms with Gasteiger partial charge in [0.25, 0.3) is 0 Å². The molecule has 0 aliphatic carbocycles. The van der Waals surface area contributed by atoms with Crippen molar-refractivity contribution >= 4 is 11.7 Å². The lowest BCUT2D eigenvalue weighted by molar-refractivity contribution is 0.129. The number of likely N-dealkylation sites (tertiary alicyclic amines) is 1. The van der Waals surface area contributed by atoms with Gasteiger partial charge in [-0.3, -0.25) is 0 Å². The summed E-state index contributed by atoms with van der Waals surface area (Å²) in [5.74, 6) is 0.197. The maximum absolute atomic E-state index is 12.3. The number of nitrogens with zero attached hydrogens (tertiary/aromatic N) is 2. The van der Waals surface area contributed by atoms with Crippen molar-refractivity contribution in [3.63, 3.8) is 0 Å². The molecule has 0 aromatic heterocycles. The average molecular weight is 305 g/mol. The summed E-state index contributed by atoms with van der Waals surface area (Å²) >= 11 is 0. The number of hydrogen-bond acceptors (Lipinski definition) is 3. The molecule has 1 aromatic carbocycles. The second-order valence-electron chi connectivity index (χ2n) is 6.42. The molecule has 2 atom stereocenters. The quantitative estimate of drug-likeness (QED) is 0.894. The van der Waals surface area contributed by atoms with Gasteiger partial charge in [-0.15, -0.1) is 0 Å². The Morgan fingerprint density at radius 1 is 1.50 bits per heavy atom. The van der Waals surface area contributed by atoms with Gasteiger partial charge in [-0.25, -0.2) is 4.79 Å². The second kappa shape index (κ2) is 7.01. The van der Waals surface area contributed by atoms with Crippen LogP contribution in [0.2, 0.25) is 0 Å². The number of aliphatic hydroxyl groups excluding tert-OH is 1. The molecule has 1 aliphatic rings. The number of carbonyl (C=O) groups excluding carboxylic acids is 1. The third kappa shape index (κ3) is 3.91. The van der Waals surface area contributed by atoms with Gasteiger partial charge in [-0.1, -0.05) is 12.1 Å². The minimum Gasteiger partial charge on any atom is -0.393 e. The molecule has 2 N–H and O–H groups in total. The predicted molar refractivity (Wildman–Crippen MR) is 89.1 cm³/mol. The second-order valence-corrected chi connectivity index (χ2v) is 6.42. The molecule has 0 spiro atoms. The molecule has 1 fully saturated rings. The van der Waals surface area contributed by atoms with Gasteiger partial charge in [0.15, 0.2) is 0 Å². The van der Waals surface area contributed by atoms with E-state index in [1.54, 1.807) is 11.8 Å². The van der Waals surface area contributed by atoms with E-state index in [0.29, 0.717) is 13.1 Å². The number of anilines is 1. The van der Waals surface area contributed by atoms with Crippen LogP contribution in [0.1, 0.15) is 24.5 Å². The predicted octanol–water partition coefficient (Wildman–Crippen LogP) is 1.97. The molecule has 1 saturated heterocycles. The van der Waals surface area contributed by atoms with Crippen molar-refractivity contribution in [2.75, 3.05) is 32.1 Å². The summed E-state index contributed by atoms with van der Waals surface area (Å²) in [6, 6.07) is 6.20. The van der Waals surface area contributed by atoms with Gasteiger partial charge in [-0.05, 0) is 37.5 Å². The van der Waals surface area contributed by atoms with Gasteiger partial charge < -0.3 is 20.2 Å². The molecule has 2 amide bonds. The molecule has 1 aliphatic heterocycles. The summed E-state index contributed by atoms with van der Waals surface area (Å²) in [7, 11) is 4.02. The highest BCUT2D eigenvalue weighted by Crippen LogP contribution is 2.21. The molecule has 1 heterocycles. The lowest BCUT2D eigenvalue weighted by atomic mass is 10.0. The zero-order valence-corrected chi connectivity index (χ0v) is 14.0. The normalized spacial score (nSPS) is 19.1. The zero-order valence-electron chi connectivity index (χ0n) is 14.0. The van der Waals surface area contributed by atoms with Crippen LogP contribution in [0.3, 0.4) is 0 Å². The monoisotopic (exact) mass is 305 g/mol. The van der Waals surface area contributed by atoms with Crippen LogP contribution in [-0.2, 0) is 6.54 Å². The van der Waals surface area contributed by atoms with Crippen LogP contribution < -0.4 is 10.2 Å². The largest absolute Gasteiger partial charge is 0.393 e. The Hall–Kier alpha value is -1.75. The van der Waals surface area contributed by atoms with Gasteiger partial charge in [0.05, 0.1) is 6.10 Å². The minimum atomic E-state index is -0.352. The molecule has 1 aromatic rings. The molecule has 0 saturated carbocycles. The maximum Gasteiger partial charge on any atom is 0.317 e. The standard InChI is InChI=1S/C17H27N3O2/c1-12-5-6-14(16(9-12)19(3)4)10-18-17(22)20-8-7-15(11-20)13(2)21/h5-6,9,13,15,21H,7-8,10-11H2,1-4H3,(H,18,22)/t13-,15-/m0/s1. The van der Waals surface area contributed by atoms with Gasteiger partial charge in [-0.2, -0.15) is 0 Å². The van der Waals surface area contributed by atoms with E-state index in [1.807, 2.05) is 14.1 Å². The van der Waals surface area contributed by atoms with Gasteiger partial charge in [0.2, 0.25) is 0 Å². The van der Waals surface area contributed by atoms with Crippen molar-refractivity contribution < 1.29 is 9.90 Å². The average Bonchev–Trinajstić information content (AvgIpc) is 2.95. The van der Waals surface area contributed by atoms with Crippen LogP contribution in [0.4, 0.5) is 10.5 Å². The number of nitrogens with one attached hydrogen (secondary N) is 1. The SMILES string of the molecule is Cc1ccc(CNC(=O)N2CC[C@H]([C@H](C)O)C2)c(N(C)C)c1. The van der Waals surface area contributed by atoms with Gasteiger partial charge >= 0.3 is 6.03 Å². The summed E-state index contributed by atoms with van der Waals surface area (Å²) in [6.07, 6.45) is 0.522. The fourth-order valence-corrected chi connectivity index (χ4v) is 2.89. The van der Waals surface area contributed by atoms with Gasteiger partial charge in [0, 0.05) is 45.3 Å². The van der Waals surface area contributed by atoms with Crippen molar-refractivity contribution in [2.24, 2.45) is 5.92 Å². The molecule has 122 valence electrons. The van der Waals surface area contributed by atoms with Crippen molar-refractivity contribution in [1.82, 2.24) is 10.2 Å². The van der Waals surface area contributed by atoms with Crippen LogP contribution in [0, 0.1) is 12.8 Å². The maximum atomic E-state index is 12.3. The number of carbonyl (C=O) groups is 1. The van der Waals surface area contributed by atoms with Crippen molar-refractivity contribution in [3.05, 3.63) is 29.3 Å². The van der Waals surface area contributed by atoms with E-state index in [0.717, 1.165) is 24.2 Å². The summed E-state index contributed by atoms with van der Waals surface area (Å²) in [4.78, 5) is 16.1. The van der Waals surface area contributed by atoms with E-state index >= 15 is 0 Å². The Morgan fingerprint density at radius 3 is 2.82 bits per heavy atom. The van der Waals surface area contributed by atoms with Crippen LogP contribution >= 0.6 is 0 Å². The van der Waals surface area contributed by atoms with E-state index in [2.05, 4.69) is 35.3 Å². The molecule has 0 bridgehead atoms. The molecule has 22 heavy (non-hydrogen) atoms. The molecular weight excluding hydrogens is 278 g/mol. The Morgan fingerprint density at radius 2 is 2.23 bits per heavy atom. The molecule has 5 heteroatoms. The zero-order chi connectivity index (χ0) is 16.3. The summed E-state index contributed by atoms with van der Waals surface area (Å²) in [5.41, 5.74) is 3.44. The fourth-order valence-electron chi connectivity index (χ4n) is 2.89. The summed E-state index contributed by atoms with van der Waals surface area (Å²) in [6.45, 7) is 5.73. The number of hydrogen-bond donors (Lipinski definition) is 2. The Balaban J connectivity index is 1.95. The lowest BCUT2D eigenvalue weighted by Gasteiger charge is -2.21. The van der Waals surface area contributed by atoms with E-state index < -0.39 is 0 Å². The van der Waals surface area contributed by atoms with Crippen LogP contribution in [0.5, 0.6) is 0 Å². The first-order valence-electron chi connectivity index (χ1n) is 7.86. The number of urea groups is 1. The van der Waals surface area contributed by atoms with E-state index in [9.17, 15) is 9.90 Å². The molecule has 2 rings (SSSR count). The Labute approximate surface area is 132 Å². The van der Waals surface area contributed by atoms with Crippen molar-refractivity contribution in [3.8, 4) is 0 Å². The number of benzene rings is 1. The highest BCUT2D eigenvalue weighted by molar-refractivity contribution is 5.74. The van der Waals surface area contributed by atoms with E-state index in [4.69, 9.17) is 0 Å². The smallest absolute Gasteiger partial charge is 0.317 e. The number of aliphatic hydroxyl groups is 1. The third-order valence-electron chi connectivity index (χ3n) is 4.35. The first kappa shape index (κ1) is 16.6.